The van der Waals surface area contributed by atoms with E-state index in [1.807, 2.05) is 54.6 Å². The fourth-order valence-corrected chi connectivity index (χ4v) is 2.59. The Bertz CT molecular complexity index is 721. The van der Waals surface area contributed by atoms with E-state index in [2.05, 4.69) is 5.92 Å². The summed E-state index contributed by atoms with van der Waals surface area (Å²) in [6.45, 7) is 0.161. The largest absolute Gasteiger partial charge is 0.481 e. The van der Waals surface area contributed by atoms with Gasteiger partial charge >= 0.3 is 0 Å². The van der Waals surface area contributed by atoms with Crippen LogP contribution in [0.2, 0.25) is 0 Å². The van der Waals surface area contributed by atoms with Crippen LogP contribution >= 0.6 is 0 Å². The molecule has 2 aromatic rings. The quantitative estimate of drug-likeness (QED) is 0.863. The van der Waals surface area contributed by atoms with Crippen LogP contribution in [0.15, 0.2) is 54.6 Å². The fraction of sp³-hybridized carbons (Fsp3) is 0.167. The van der Waals surface area contributed by atoms with Gasteiger partial charge in [0.15, 0.2) is 0 Å². The molecule has 1 aliphatic rings. The maximum absolute atomic E-state index is 12.7. The third-order valence-corrected chi connectivity index (χ3v) is 3.66. The number of para-hydroxylation sites is 2. The Morgan fingerprint density at radius 2 is 1.82 bits per heavy atom. The van der Waals surface area contributed by atoms with Crippen LogP contribution in [0.5, 0.6) is 5.75 Å². The number of carbonyl (C=O) groups is 1. The molecule has 0 aliphatic carbocycles. The number of ether oxygens (including phenoxy) is 1. The lowest BCUT2D eigenvalue weighted by atomic mass is 10.0. The van der Waals surface area contributed by atoms with Crippen LogP contribution in [-0.4, -0.2) is 18.5 Å². The minimum Gasteiger partial charge on any atom is -0.481 e. The number of anilines is 1. The number of amides is 1. The smallest absolute Gasteiger partial charge is 0.249 e. The zero-order valence-electron chi connectivity index (χ0n) is 12.0. The van der Waals surface area contributed by atoms with Gasteiger partial charge in [-0.3, -0.25) is 9.69 Å². The van der Waals surface area contributed by atoms with Gasteiger partial charge in [0, 0.05) is 0 Å². The molecular formula is C18H16N2O2. The van der Waals surface area contributed by atoms with Gasteiger partial charge in [0.05, 0.1) is 12.2 Å². The van der Waals surface area contributed by atoms with Crippen LogP contribution < -0.4 is 15.4 Å². The van der Waals surface area contributed by atoms with Crippen molar-refractivity contribution in [2.45, 2.75) is 12.1 Å². The molecule has 0 radical (unpaired) electrons. The summed E-state index contributed by atoms with van der Waals surface area (Å²) in [5.41, 5.74) is 7.68. The third-order valence-electron chi connectivity index (χ3n) is 3.66. The highest BCUT2D eigenvalue weighted by Gasteiger charge is 2.36. The average Bonchev–Trinajstić information content (AvgIpc) is 2.67. The summed E-state index contributed by atoms with van der Waals surface area (Å²) in [6.07, 6.45) is 4.85. The zero-order chi connectivity index (χ0) is 15.5. The van der Waals surface area contributed by atoms with Crippen molar-refractivity contribution in [2.24, 2.45) is 5.73 Å². The van der Waals surface area contributed by atoms with E-state index in [0.29, 0.717) is 11.4 Å². The van der Waals surface area contributed by atoms with Gasteiger partial charge in [0.2, 0.25) is 5.91 Å². The van der Waals surface area contributed by atoms with E-state index in [1.165, 1.54) is 4.90 Å². The van der Waals surface area contributed by atoms with Gasteiger partial charge in [-0.1, -0.05) is 48.4 Å². The van der Waals surface area contributed by atoms with Gasteiger partial charge in [0.1, 0.15) is 17.9 Å². The summed E-state index contributed by atoms with van der Waals surface area (Å²) in [6, 6.07) is 16.0. The summed E-state index contributed by atoms with van der Waals surface area (Å²) in [5, 5.41) is 0. The van der Waals surface area contributed by atoms with Crippen molar-refractivity contribution in [1.82, 2.24) is 0 Å². The molecule has 0 saturated carbocycles. The van der Waals surface area contributed by atoms with Crippen LogP contribution in [0.1, 0.15) is 11.7 Å². The van der Waals surface area contributed by atoms with E-state index in [1.54, 1.807) is 0 Å². The van der Waals surface area contributed by atoms with E-state index >= 15 is 0 Å². The van der Waals surface area contributed by atoms with E-state index in [0.717, 1.165) is 5.56 Å². The highest BCUT2D eigenvalue weighted by Crippen LogP contribution is 2.36. The van der Waals surface area contributed by atoms with Crippen LogP contribution in [0.25, 0.3) is 0 Å². The molecule has 0 saturated heterocycles. The molecule has 3 rings (SSSR count). The first-order valence-electron chi connectivity index (χ1n) is 7.03. The molecular weight excluding hydrogens is 276 g/mol. The Morgan fingerprint density at radius 3 is 2.55 bits per heavy atom. The zero-order valence-corrected chi connectivity index (χ0v) is 12.0. The second-order valence-electron chi connectivity index (χ2n) is 5.07. The molecule has 22 heavy (non-hydrogen) atoms. The van der Waals surface area contributed by atoms with Crippen molar-refractivity contribution < 1.29 is 9.53 Å². The Morgan fingerprint density at radius 1 is 1.14 bits per heavy atom. The molecule has 1 amide bonds. The predicted octanol–water partition coefficient (Wildman–Crippen LogP) is 2.11. The molecule has 0 bridgehead atoms. The van der Waals surface area contributed by atoms with Crippen molar-refractivity contribution in [2.75, 3.05) is 11.4 Å². The summed E-state index contributed by atoms with van der Waals surface area (Å²) in [5.74, 6) is 2.87. The molecule has 0 fully saturated rings. The van der Waals surface area contributed by atoms with E-state index in [-0.39, 0.29) is 12.5 Å². The van der Waals surface area contributed by atoms with Crippen molar-refractivity contribution in [1.29, 1.82) is 0 Å². The van der Waals surface area contributed by atoms with Crippen molar-refractivity contribution in [3.8, 4) is 18.1 Å². The van der Waals surface area contributed by atoms with E-state index in [4.69, 9.17) is 16.9 Å². The lowest BCUT2D eigenvalue weighted by molar-refractivity contribution is -0.121. The van der Waals surface area contributed by atoms with E-state index in [9.17, 15) is 4.79 Å². The number of nitrogens with zero attached hydrogens (tertiary/aromatic N) is 1. The molecule has 4 heteroatoms. The topological polar surface area (TPSA) is 55.6 Å². The Labute approximate surface area is 129 Å². The molecule has 2 unspecified atom stereocenters. The normalized spacial score (nSPS) is 20.5. The molecule has 2 atom stereocenters. The molecule has 2 aromatic carbocycles. The van der Waals surface area contributed by atoms with Crippen molar-refractivity contribution in [3.63, 3.8) is 0 Å². The third kappa shape index (κ3) is 2.43. The molecule has 0 spiro atoms. The number of carbonyl (C=O) groups excluding carboxylic acids is 1. The first-order chi connectivity index (χ1) is 10.7. The first kappa shape index (κ1) is 14.2. The second-order valence-corrected chi connectivity index (χ2v) is 5.07. The monoisotopic (exact) mass is 292 g/mol. The van der Waals surface area contributed by atoms with Gasteiger partial charge in [0.25, 0.3) is 0 Å². The summed E-state index contributed by atoms with van der Waals surface area (Å²) < 4.78 is 6.05. The Hall–Kier alpha value is -2.77. The number of hydrogen-bond acceptors (Lipinski definition) is 3. The number of terminal acetylenes is 1. The minimum absolute atomic E-state index is 0.161. The van der Waals surface area contributed by atoms with Crippen molar-refractivity contribution >= 4 is 11.6 Å². The van der Waals surface area contributed by atoms with Crippen molar-refractivity contribution in [3.05, 3.63) is 60.2 Å². The first-order valence-corrected chi connectivity index (χ1v) is 7.03. The fourth-order valence-electron chi connectivity index (χ4n) is 2.59. The second kappa shape index (κ2) is 5.92. The molecule has 1 aliphatic heterocycles. The number of rotatable bonds is 2. The highest BCUT2D eigenvalue weighted by molar-refractivity contribution is 6.00. The van der Waals surface area contributed by atoms with Crippen LogP contribution in [-0.2, 0) is 4.79 Å². The minimum atomic E-state index is -0.817. The lowest BCUT2D eigenvalue weighted by Gasteiger charge is -2.23. The summed E-state index contributed by atoms with van der Waals surface area (Å²) in [7, 11) is 0. The maximum Gasteiger partial charge on any atom is 0.249 e. The maximum atomic E-state index is 12.7. The van der Waals surface area contributed by atoms with Crippen LogP contribution in [0, 0.1) is 12.3 Å². The number of nitrogens with two attached hydrogens (primary N) is 1. The number of fused-ring (bicyclic) bond motifs is 1. The van der Waals surface area contributed by atoms with Gasteiger partial charge < -0.3 is 10.5 Å². The van der Waals surface area contributed by atoms with Gasteiger partial charge in [-0.2, -0.15) is 0 Å². The van der Waals surface area contributed by atoms with Gasteiger partial charge in [-0.05, 0) is 17.7 Å². The standard InChI is InChI=1S/C18H16N2O2/c1-2-12-20-14-10-6-7-11-15(14)22-17(16(19)18(20)21)13-8-4-3-5-9-13/h1,3-11,16-17H,12,19H2. The van der Waals surface area contributed by atoms with Crippen LogP contribution in [0.3, 0.4) is 0 Å². The molecule has 110 valence electrons. The van der Waals surface area contributed by atoms with Gasteiger partial charge in [-0.15, -0.1) is 6.42 Å². The molecule has 4 nitrogen and oxygen atoms in total. The average molecular weight is 292 g/mol. The summed E-state index contributed by atoms with van der Waals surface area (Å²) in [4.78, 5) is 14.2. The Balaban J connectivity index is 2.08. The lowest BCUT2D eigenvalue weighted by Crippen LogP contribution is -2.46. The SMILES string of the molecule is C#CCN1C(=O)C(N)C(c2ccccc2)Oc2ccccc21. The highest BCUT2D eigenvalue weighted by atomic mass is 16.5. The molecule has 1 heterocycles. The molecule has 2 N–H and O–H groups in total. The van der Waals surface area contributed by atoms with Gasteiger partial charge in [-0.25, -0.2) is 0 Å². The van der Waals surface area contributed by atoms with Crippen LogP contribution in [0.4, 0.5) is 5.69 Å². The number of benzene rings is 2. The van der Waals surface area contributed by atoms with E-state index < -0.39 is 12.1 Å². The molecule has 0 aromatic heterocycles. The Kier molecular flexibility index (Phi) is 3.82. The number of hydrogen-bond donors (Lipinski definition) is 1. The summed E-state index contributed by atoms with van der Waals surface area (Å²) >= 11 is 0. The predicted molar refractivity (Wildman–Crippen MR) is 85.4 cm³/mol.